The van der Waals surface area contributed by atoms with Crippen molar-refractivity contribution in [3.8, 4) is 5.75 Å². The van der Waals surface area contributed by atoms with Crippen LogP contribution in [0.4, 0.5) is 0 Å². The molecule has 0 aliphatic heterocycles. The molecule has 0 amide bonds. The number of aromatic hydroxyl groups is 1. The highest BCUT2D eigenvalue weighted by Crippen LogP contribution is 2.40. The first-order valence-electron chi connectivity index (χ1n) is 7.31. The van der Waals surface area contributed by atoms with Gasteiger partial charge in [-0.2, -0.15) is 0 Å². The predicted octanol–water partition coefficient (Wildman–Crippen LogP) is 5.00. The molecule has 2 aromatic carbocycles. The Morgan fingerprint density at radius 3 is 2.71 bits per heavy atom. The summed E-state index contributed by atoms with van der Waals surface area (Å²) in [5, 5.41) is 11.5. The summed E-state index contributed by atoms with van der Waals surface area (Å²) in [5.74, 6) is 0.693. The lowest BCUT2D eigenvalue weighted by Gasteiger charge is -2.23. The van der Waals surface area contributed by atoms with Crippen molar-refractivity contribution in [1.29, 1.82) is 0 Å². The highest BCUT2D eigenvalue weighted by atomic mass is 35.5. The average Bonchev–Trinajstić information content (AvgIpc) is 2.86. The van der Waals surface area contributed by atoms with Crippen LogP contribution in [-0.4, -0.2) is 10.1 Å². The first kappa shape index (κ1) is 12.8. The zero-order valence-electron chi connectivity index (χ0n) is 11.6. The summed E-state index contributed by atoms with van der Waals surface area (Å²) in [6.07, 6.45) is 3.42. The molecule has 0 radical (unpaired) electrons. The van der Waals surface area contributed by atoms with Crippen molar-refractivity contribution in [1.82, 2.24) is 4.98 Å². The third-order valence-electron chi connectivity index (χ3n) is 4.46. The van der Waals surface area contributed by atoms with Crippen LogP contribution in [0.2, 0.25) is 5.02 Å². The molecule has 4 rings (SSSR count). The van der Waals surface area contributed by atoms with Gasteiger partial charge in [0.15, 0.2) is 0 Å². The summed E-state index contributed by atoms with van der Waals surface area (Å²) in [6.45, 7) is 0. The van der Waals surface area contributed by atoms with Gasteiger partial charge in [0, 0.05) is 27.5 Å². The molecule has 1 aliphatic carbocycles. The number of hydrogen-bond donors (Lipinski definition) is 2. The van der Waals surface area contributed by atoms with E-state index in [-0.39, 0.29) is 0 Å². The lowest BCUT2D eigenvalue weighted by molar-refractivity contribution is 0.474. The minimum Gasteiger partial charge on any atom is -0.508 e. The van der Waals surface area contributed by atoms with Gasteiger partial charge in [0.05, 0.1) is 0 Å². The number of halogens is 1. The minimum atomic E-state index is 0.318. The minimum absolute atomic E-state index is 0.318. The second kappa shape index (κ2) is 4.81. The number of aromatic amines is 1. The number of phenolic OH excluding ortho intramolecular Hbond substituents is 1. The van der Waals surface area contributed by atoms with E-state index >= 15 is 0 Å². The van der Waals surface area contributed by atoms with Gasteiger partial charge in [0.1, 0.15) is 5.75 Å². The third kappa shape index (κ3) is 2.11. The van der Waals surface area contributed by atoms with Crippen molar-refractivity contribution >= 4 is 22.5 Å². The molecule has 0 saturated heterocycles. The lowest BCUT2D eigenvalue weighted by atomic mass is 9.82. The molecule has 2 nitrogen and oxygen atoms in total. The summed E-state index contributed by atoms with van der Waals surface area (Å²) < 4.78 is 0. The monoisotopic (exact) mass is 297 g/mol. The normalized spacial score (nSPS) is 17.9. The van der Waals surface area contributed by atoms with Crippen molar-refractivity contribution in [3.63, 3.8) is 0 Å². The number of phenols is 1. The molecular weight excluding hydrogens is 282 g/mol. The fourth-order valence-electron chi connectivity index (χ4n) is 3.47. The molecule has 21 heavy (non-hydrogen) atoms. The van der Waals surface area contributed by atoms with E-state index in [0.717, 1.165) is 23.4 Å². The molecule has 0 fully saturated rings. The highest BCUT2D eigenvalue weighted by molar-refractivity contribution is 6.31. The fourth-order valence-corrected chi connectivity index (χ4v) is 3.65. The molecular formula is C18H16ClNO. The first-order chi connectivity index (χ1) is 10.2. The molecule has 0 saturated carbocycles. The summed E-state index contributed by atoms with van der Waals surface area (Å²) in [4.78, 5) is 3.59. The Balaban J connectivity index is 1.88. The summed E-state index contributed by atoms with van der Waals surface area (Å²) in [6, 6.07) is 13.6. The Hall–Kier alpha value is -1.93. The van der Waals surface area contributed by atoms with Crippen molar-refractivity contribution in [2.75, 3.05) is 0 Å². The third-order valence-corrected chi connectivity index (χ3v) is 4.70. The van der Waals surface area contributed by atoms with Crippen LogP contribution in [0.3, 0.4) is 0 Å². The summed E-state index contributed by atoms with van der Waals surface area (Å²) >= 11 is 6.15. The van der Waals surface area contributed by atoms with Gasteiger partial charge in [-0.1, -0.05) is 23.7 Å². The number of rotatable bonds is 1. The Bertz CT molecular complexity index is 804. The van der Waals surface area contributed by atoms with E-state index in [4.69, 9.17) is 11.6 Å². The zero-order chi connectivity index (χ0) is 14.4. The van der Waals surface area contributed by atoms with Gasteiger partial charge in [-0.25, -0.2) is 0 Å². The van der Waals surface area contributed by atoms with E-state index in [1.807, 2.05) is 18.2 Å². The van der Waals surface area contributed by atoms with Gasteiger partial charge in [0.2, 0.25) is 0 Å². The molecule has 106 valence electrons. The van der Waals surface area contributed by atoms with Crippen LogP contribution in [-0.2, 0) is 6.42 Å². The Labute approximate surface area is 128 Å². The maximum absolute atomic E-state index is 9.47. The zero-order valence-corrected chi connectivity index (χ0v) is 12.3. The molecule has 1 heterocycles. The molecule has 3 heteroatoms. The van der Waals surface area contributed by atoms with Crippen LogP contribution in [0.1, 0.15) is 35.6 Å². The van der Waals surface area contributed by atoms with Crippen molar-refractivity contribution < 1.29 is 5.11 Å². The van der Waals surface area contributed by atoms with Crippen molar-refractivity contribution in [2.45, 2.75) is 25.2 Å². The lowest BCUT2D eigenvalue weighted by Crippen LogP contribution is -2.10. The van der Waals surface area contributed by atoms with E-state index < -0.39 is 0 Å². The maximum atomic E-state index is 9.47. The van der Waals surface area contributed by atoms with Crippen LogP contribution < -0.4 is 0 Å². The van der Waals surface area contributed by atoms with E-state index in [9.17, 15) is 5.11 Å². The SMILES string of the molecule is Oc1ccc(C2CCCc3c2[nH]c2ccc(Cl)cc32)cc1. The van der Waals surface area contributed by atoms with Crippen LogP contribution >= 0.6 is 11.6 Å². The van der Waals surface area contributed by atoms with Gasteiger partial charge in [-0.3, -0.25) is 0 Å². The molecule has 1 aromatic heterocycles. The standard InChI is InChI=1S/C18H16ClNO/c19-12-6-9-17-16(10-12)15-3-1-2-14(18(15)20-17)11-4-7-13(21)8-5-11/h4-10,14,20-21H,1-3H2. The summed E-state index contributed by atoms with van der Waals surface area (Å²) in [7, 11) is 0. The number of hydrogen-bond acceptors (Lipinski definition) is 1. The predicted molar refractivity (Wildman–Crippen MR) is 86.2 cm³/mol. The van der Waals surface area contributed by atoms with Gasteiger partial charge in [0.25, 0.3) is 0 Å². The number of aryl methyl sites for hydroxylation is 1. The van der Waals surface area contributed by atoms with E-state index in [1.54, 1.807) is 12.1 Å². The average molecular weight is 298 g/mol. The second-order valence-corrected chi connectivity index (χ2v) is 6.18. The van der Waals surface area contributed by atoms with E-state index in [0.29, 0.717) is 11.7 Å². The molecule has 2 N–H and O–H groups in total. The quantitative estimate of drug-likeness (QED) is 0.652. The largest absolute Gasteiger partial charge is 0.508 e. The summed E-state index contributed by atoms with van der Waals surface area (Å²) in [5.41, 5.74) is 5.13. The first-order valence-corrected chi connectivity index (χ1v) is 7.69. The Morgan fingerprint density at radius 2 is 1.90 bits per heavy atom. The fraction of sp³-hybridized carbons (Fsp3) is 0.222. The molecule has 1 unspecified atom stereocenters. The smallest absolute Gasteiger partial charge is 0.115 e. The van der Waals surface area contributed by atoms with E-state index in [2.05, 4.69) is 17.1 Å². The maximum Gasteiger partial charge on any atom is 0.115 e. The molecule has 0 spiro atoms. The number of aromatic nitrogens is 1. The molecule has 1 aliphatic rings. The van der Waals surface area contributed by atoms with Crippen LogP contribution in [0, 0.1) is 0 Å². The van der Waals surface area contributed by atoms with Gasteiger partial charge < -0.3 is 10.1 Å². The Kier molecular flexibility index (Phi) is 2.93. The number of H-pyrrole nitrogens is 1. The highest BCUT2D eigenvalue weighted by Gasteiger charge is 2.25. The van der Waals surface area contributed by atoms with Gasteiger partial charge in [-0.15, -0.1) is 0 Å². The van der Waals surface area contributed by atoms with Crippen LogP contribution in [0.25, 0.3) is 10.9 Å². The second-order valence-electron chi connectivity index (χ2n) is 5.74. The van der Waals surface area contributed by atoms with E-state index in [1.165, 1.54) is 28.6 Å². The Morgan fingerprint density at radius 1 is 1.10 bits per heavy atom. The van der Waals surface area contributed by atoms with Crippen LogP contribution in [0.15, 0.2) is 42.5 Å². The van der Waals surface area contributed by atoms with Crippen LogP contribution in [0.5, 0.6) is 5.75 Å². The van der Waals surface area contributed by atoms with Crippen molar-refractivity contribution in [2.24, 2.45) is 0 Å². The topological polar surface area (TPSA) is 36.0 Å². The van der Waals surface area contributed by atoms with Crippen molar-refractivity contribution in [3.05, 3.63) is 64.3 Å². The molecule has 1 atom stereocenters. The molecule has 0 bridgehead atoms. The number of fused-ring (bicyclic) bond motifs is 3. The number of benzene rings is 2. The number of nitrogens with one attached hydrogen (secondary N) is 1. The van der Waals surface area contributed by atoms with Gasteiger partial charge >= 0.3 is 0 Å². The molecule has 3 aromatic rings. The van der Waals surface area contributed by atoms with Gasteiger partial charge in [-0.05, 0) is 60.7 Å².